The van der Waals surface area contributed by atoms with Gasteiger partial charge in [0.2, 0.25) is 0 Å². The summed E-state index contributed by atoms with van der Waals surface area (Å²) in [4.78, 5) is 0. The molecule has 0 aromatic heterocycles. The topological polar surface area (TPSA) is 49.0 Å². The fraction of sp³-hybridized carbons (Fsp3) is 0.625. The second kappa shape index (κ2) is 9.00. The smallest absolute Gasteiger partial charge is 0.124 e. The highest BCUT2D eigenvalue weighted by Gasteiger charge is 2.30. The van der Waals surface area contributed by atoms with Gasteiger partial charge in [-0.25, -0.2) is 0 Å². The maximum atomic E-state index is 5.93. The van der Waals surface area contributed by atoms with Crippen molar-refractivity contribution in [3.63, 3.8) is 0 Å². The lowest BCUT2D eigenvalue weighted by Crippen LogP contribution is -2.41. The van der Waals surface area contributed by atoms with Crippen LogP contribution in [0.25, 0.3) is 0 Å². The largest absolute Gasteiger partial charge is 0.490 e. The molecule has 0 amide bonds. The van der Waals surface area contributed by atoms with Crippen LogP contribution in [0.3, 0.4) is 0 Å². The minimum atomic E-state index is 0.00544. The molecule has 0 fully saturated rings. The van der Waals surface area contributed by atoms with Crippen molar-refractivity contribution in [1.29, 1.82) is 0 Å². The number of ether oxygens (including phenoxy) is 4. The number of nitrogens with one attached hydrogen (secondary N) is 1. The maximum Gasteiger partial charge on any atom is 0.124 e. The average Bonchev–Trinajstić information content (AvgIpc) is 2.52. The van der Waals surface area contributed by atoms with Crippen molar-refractivity contribution < 1.29 is 18.9 Å². The molecule has 118 valence electrons. The van der Waals surface area contributed by atoms with Crippen LogP contribution in [0.1, 0.15) is 18.5 Å². The van der Waals surface area contributed by atoms with Gasteiger partial charge < -0.3 is 24.3 Å². The van der Waals surface area contributed by atoms with Gasteiger partial charge >= 0.3 is 0 Å². The molecule has 0 saturated carbocycles. The van der Waals surface area contributed by atoms with Crippen LogP contribution >= 0.6 is 0 Å². The van der Waals surface area contributed by atoms with Gasteiger partial charge in [-0.2, -0.15) is 0 Å². The van der Waals surface area contributed by atoms with E-state index in [1.165, 1.54) is 0 Å². The Hall–Kier alpha value is -1.14. The van der Waals surface area contributed by atoms with Crippen molar-refractivity contribution in [1.82, 2.24) is 5.32 Å². The third-order valence-corrected chi connectivity index (χ3v) is 3.44. The lowest BCUT2D eigenvalue weighted by molar-refractivity contribution is -0.0438. The zero-order chi connectivity index (χ0) is 14.9. The molecular weight excluding hydrogens is 270 g/mol. The number of methoxy groups -OCH3 is 1. The molecule has 21 heavy (non-hydrogen) atoms. The first kappa shape index (κ1) is 16.2. The molecule has 0 saturated heterocycles. The summed E-state index contributed by atoms with van der Waals surface area (Å²) in [6.45, 7) is 5.89. The number of rotatable bonds is 9. The highest BCUT2D eigenvalue weighted by atomic mass is 16.6. The van der Waals surface area contributed by atoms with E-state index in [9.17, 15) is 0 Å². The van der Waals surface area contributed by atoms with Gasteiger partial charge in [0.05, 0.1) is 32.5 Å². The lowest BCUT2D eigenvalue weighted by atomic mass is 9.98. The summed E-state index contributed by atoms with van der Waals surface area (Å²) in [7, 11) is 1.66. The van der Waals surface area contributed by atoms with Gasteiger partial charge in [0.15, 0.2) is 0 Å². The fourth-order valence-corrected chi connectivity index (χ4v) is 2.45. The Morgan fingerprint density at radius 1 is 1.19 bits per heavy atom. The second-order valence-corrected chi connectivity index (χ2v) is 4.90. The molecule has 1 N–H and O–H groups in total. The standard InChI is InChI=1S/C16H25NO4/c1-3-17-16-13-6-4-5-7-14(13)21-12-15(16)20-11-10-19-9-8-18-2/h4-7,15-17H,3,8-12H2,1-2H3. The third kappa shape index (κ3) is 4.68. The van der Waals surface area contributed by atoms with E-state index in [0.29, 0.717) is 33.0 Å². The zero-order valence-corrected chi connectivity index (χ0v) is 12.8. The van der Waals surface area contributed by atoms with Crippen LogP contribution in [0.2, 0.25) is 0 Å². The molecule has 1 aliphatic heterocycles. The van der Waals surface area contributed by atoms with Crippen molar-refractivity contribution in [2.75, 3.05) is 46.7 Å². The predicted molar refractivity (Wildman–Crippen MR) is 80.8 cm³/mol. The second-order valence-electron chi connectivity index (χ2n) is 4.90. The van der Waals surface area contributed by atoms with E-state index in [1.54, 1.807) is 7.11 Å². The van der Waals surface area contributed by atoms with E-state index in [2.05, 4.69) is 18.3 Å². The van der Waals surface area contributed by atoms with Crippen LogP contribution < -0.4 is 10.1 Å². The number of likely N-dealkylation sites (N-methyl/N-ethyl adjacent to an activating group) is 1. The van der Waals surface area contributed by atoms with Gasteiger partial charge in [0.1, 0.15) is 18.5 Å². The van der Waals surface area contributed by atoms with Crippen molar-refractivity contribution in [3.05, 3.63) is 29.8 Å². The number of benzene rings is 1. The molecule has 2 atom stereocenters. The van der Waals surface area contributed by atoms with Crippen LogP contribution in [0.15, 0.2) is 24.3 Å². The number of fused-ring (bicyclic) bond motifs is 1. The molecular formula is C16H25NO4. The minimum absolute atomic E-state index is 0.00544. The third-order valence-electron chi connectivity index (χ3n) is 3.44. The summed E-state index contributed by atoms with van der Waals surface area (Å²) >= 11 is 0. The van der Waals surface area contributed by atoms with Gasteiger partial charge in [-0.1, -0.05) is 25.1 Å². The first-order valence-corrected chi connectivity index (χ1v) is 7.50. The molecule has 0 radical (unpaired) electrons. The van der Waals surface area contributed by atoms with Crippen molar-refractivity contribution in [2.45, 2.75) is 19.1 Å². The normalized spacial score (nSPS) is 20.9. The Morgan fingerprint density at radius 3 is 2.81 bits per heavy atom. The van der Waals surface area contributed by atoms with E-state index in [-0.39, 0.29) is 12.1 Å². The molecule has 0 aliphatic carbocycles. The Morgan fingerprint density at radius 2 is 2.00 bits per heavy atom. The zero-order valence-electron chi connectivity index (χ0n) is 12.8. The monoisotopic (exact) mass is 295 g/mol. The highest BCUT2D eigenvalue weighted by molar-refractivity contribution is 5.38. The molecule has 0 bridgehead atoms. The lowest BCUT2D eigenvalue weighted by Gasteiger charge is -2.34. The Kier molecular flexibility index (Phi) is 6.95. The molecule has 1 aliphatic rings. The quantitative estimate of drug-likeness (QED) is 0.704. The summed E-state index contributed by atoms with van der Waals surface area (Å²) in [5.74, 6) is 0.944. The highest BCUT2D eigenvalue weighted by Crippen LogP contribution is 2.33. The summed E-state index contributed by atoms with van der Waals surface area (Å²) in [5, 5.41) is 3.49. The molecule has 5 nitrogen and oxygen atoms in total. The molecule has 1 aromatic rings. The number of hydrogen-bond acceptors (Lipinski definition) is 5. The van der Waals surface area contributed by atoms with Gasteiger partial charge in [0.25, 0.3) is 0 Å². The molecule has 0 spiro atoms. The number of para-hydroxylation sites is 1. The molecule has 1 heterocycles. The Bertz CT molecular complexity index is 413. The van der Waals surface area contributed by atoms with Crippen LogP contribution in [0.4, 0.5) is 0 Å². The Labute approximate surface area is 126 Å². The minimum Gasteiger partial charge on any atom is -0.490 e. The van der Waals surface area contributed by atoms with Gasteiger partial charge in [0, 0.05) is 12.7 Å². The van der Waals surface area contributed by atoms with Gasteiger partial charge in [-0.3, -0.25) is 0 Å². The molecule has 2 rings (SSSR count). The molecule has 2 unspecified atom stereocenters. The summed E-state index contributed by atoms with van der Waals surface area (Å²) in [6, 6.07) is 8.28. The van der Waals surface area contributed by atoms with Crippen molar-refractivity contribution in [3.8, 4) is 5.75 Å². The molecule has 5 heteroatoms. The summed E-state index contributed by atoms with van der Waals surface area (Å²) in [6.07, 6.45) is 0.00544. The fourth-order valence-electron chi connectivity index (χ4n) is 2.45. The van der Waals surface area contributed by atoms with Crippen LogP contribution in [0, 0.1) is 0 Å². The predicted octanol–water partition coefficient (Wildman–Crippen LogP) is 1.78. The first-order valence-electron chi connectivity index (χ1n) is 7.50. The van der Waals surface area contributed by atoms with Crippen molar-refractivity contribution in [2.24, 2.45) is 0 Å². The van der Waals surface area contributed by atoms with E-state index < -0.39 is 0 Å². The molecule has 1 aromatic carbocycles. The summed E-state index contributed by atoms with van der Waals surface area (Å²) < 4.78 is 22.1. The van der Waals surface area contributed by atoms with Crippen LogP contribution in [-0.4, -0.2) is 52.8 Å². The maximum absolute atomic E-state index is 5.93. The van der Waals surface area contributed by atoms with E-state index >= 15 is 0 Å². The van der Waals surface area contributed by atoms with Crippen LogP contribution in [-0.2, 0) is 14.2 Å². The first-order chi connectivity index (χ1) is 10.4. The summed E-state index contributed by atoms with van der Waals surface area (Å²) in [5.41, 5.74) is 1.16. The Balaban J connectivity index is 1.85. The van der Waals surface area contributed by atoms with E-state index in [0.717, 1.165) is 17.9 Å². The van der Waals surface area contributed by atoms with Crippen molar-refractivity contribution >= 4 is 0 Å². The van der Waals surface area contributed by atoms with E-state index in [4.69, 9.17) is 18.9 Å². The van der Waals surface area contributed by atoms with Crippen LogP contribution in [0.5, 0.6) is 5.75 Å². The van der Waals surface area contributed by atoms with E-state index in [1.807, 2.05) is 18.2 Å². The van der Waals surface area contributed by atoms with Gasteiger partial charge in [-0.05, 0) is 12.6 Å². The average molecular weight is 295 g/mol. The SMILES string of the molecule is CCNC1c2ccccc2OCC1OCCOCCOC. The van der Waals surface area contributed by atoms with Gasteiger partial charge in [-0.15, -0.1) is 0 Å². The number of hydrogen-bond donors (Lipinski definition) is 1.